The van der Waals surface area contributed by atoms with Gasteiger partial charge in [0.15, 0.2) is 11.5 Å². The van der Waals surface area contributed by atoms with Gasteiger partial charge in [0.05, 0.1) is 11.8 Å². The van der Waals surface area contributed by atoms with Gasteiger partial charge in [-0.25, -0.2) is 4.79 Å². The molecule has 3 N–H and O–H groups in total. The van der Waals surface area contributed by atoms with Crippen molar-refractivity contribution in [2.45, 2.75) is 86.0 Å². The van der Waals surface area contributed by atoms with Crippen molar-refractivity contribution in [3.05, 3.63) is 23.8 Å². The molecule has 1 aromatic rings. The lowest BCUT2D eigenvalue weighted by molar-refractivity contribution is -0.140. The molecule has 0 aliphatic carbocycles. The SMILES string of the molecule is CC(C)C(=O)Oc1ccc(C(C(C)C(C)OC(=O)OC(C)(C)C)[C@H](N)C(=O)O)cc1OC(=O)C(C)C. The smallest absolute Gasteiger partial charge is 0.480 e. The highest BCUT2D eigenvalue weighted by Crippen LogP contribution is 2.37. The number of esters is 2. The zero-order valence-corrected chi connectivity index (χ0v) is 22.5. The van der Waals surface area contributed by atoms with Crippen molar-refractivity contribution in [3.8, 4) is 11.5 Å². The fraction of sp³-hybridized carbons (Fsp3) is 0.615. The third-order valence-corrected chi connectivity index (χ3v) is 5.37. The average molecular weight is 510 g/mol. The van der Waals surface area contributed by atoms with Gasteiger partial charge in [0.2, 0.25) is 0 Å². The molecule has 1 rings (SSSR count). The molecule has 36 heavy (non-hydrogen) atoms. The van der Waals surface area contributed by atoms with E-state index in [-0.39, 0.29) is 11.5 Å². The molecule has 10 heteroatoms. The topological polar surface area (TPSA) is 151 Å². The number of hydrogen-bond acceptors (Lipinski definition) is 9. The second kappa shape index (κ2) is 12.7. The summed E-state index contributed by atoms with van der Waals surface area (Å²) in [7, 11) is 0. The van der Waals surface area contributed by atoms with Crippen LogP contribution in [-0.2, 0) is 23.9 Å². The minimum absolute atomic E-state index is 0.0137. The lowest BCUT2D eigenvalue weighted by atomic mass is 9.79. The number of rotatable bonds is 10. The maximum atomic E-state index is 12.3. The van der Waals surface area contributed by atoms with Gasteiger partial charge in [-0.3, -0.25) is 14.4 Å². The number of carboxylic acids is 1. The van der Waals surface area contributed by atoms with E-state index in [1.54, 1.807) is 68.4 Å². The number of aliphatic carboxylic acids is 1. The molecule has 3 unspecified atom stereocenters. The molecule has 0 fully saturated rings. The fourth-order valence-corrected chi connectivity index (χ4v) is 3.17. The molecular weight excluding hydrogens is 470 g/mol. The Balaban J connectivity index is 3.45. The molecule has 1 aromatic carbocycles. The molecule has 4 atom stereocenters. The summed E-state index contributed by atoms with van der Waals surface area (Å²) in [6, 6.07) is 3.00. The van der Waals surface area contributed by atoms with Crippen LogP contribution in [0.3, 0.4) is 0 Å². The predicted octanol–water partition coefficient (Wildman–Crippen LogP) is 4.28. The second-order valence-corrected chi connectivity index (χ2v) is 10.4. The molecule has 202 valence electrons. The van der Waals surface area contributed by atoms with E-state index in [0.29, 0.717) is 5.56 Å². The summed E-state index contributed by atoms with van der Waals surface area (Å²) in [5.41, 5.74) is 5.69. The van der Waals surface area contributed by atoms with Crippen molar-refractivity contribution in [1.82, 2.24) is 0 Å². The quantitative estimate of drug-likeness (QED) is 0.345. The van der Waals surface area contributed by atoms with E-state index in [1.807, 2.05) is 0 Å². The summed E-state index contributed by atoms with van der Waals surface area (Å²) in [4.78, 5) is 48.6. The van der Waals surface area contributed by atoms with E-state index in [9.17, 15) is 24.3 Å². The average Bonchev–Trinajstić information content (AvgIpc) is 2.73. The summed E-state index contributed by atoms with van der Waals surface area (Å²) >= 11 is 0. The van der Waals surface area contributed by atoms with E-state index in [4.69, 9.17) is 24.7 Å². The van der Waals surface area contributed by atoms with E-state index in [1.165, 1.54) is 12.1 Å². The highest BCUT2D eigenvalue weighted by Gasteiger charge is 2.36. The van der Waals surface area contributed by atoms with Crippen molar-refractivity contribution in [2.75, 3.05) is 0 Å². The zero-order chi connectivity index (χ0) is 28.0. The highest BCUT2D eigenvalue weighted by atomic mass is 16.7. The largest absolute Gasteiger partial charge is 0.509 e. The Morgan fingerprint density at radius 3 is 1.81 bits per heavy atom. The first-order valence-electron chi connectivity index (χ1n) is 11.9. The molecule has 10 nitrogen and oxygen atoms in total. The van der Waals surface area contributed by atoms with Gasteiger partial charge >= 0.3 is 24.1 Å². The third kappa shape index (κ3) is 9.14. The van der Waals surface area contributed by atoms with Gasteiger partial charge in [0.1, 0.15) is 17.7 Å². The van der Waals surface area contributed by atoms with Gasteiger partial charge in [-0.1, -0.05) is 40.7 Å². The molecule has 0 heterocycles. The molecule has 0 aliphatic rings. The maximum absolute atomic E-state index is 12.3. The van der Waals surface area contributed by atoms with Gasteiger partial charge in [0.25, 0.3) is 0 Å². The molecule has 0 saturated carbocycles. The van der Waals surface area contributed by atoms with Crippen LogP contribution < -0.4 is 15.2 Å². The van der Waals surface area contributed by atoms with Crippen molar-refractivity contribution in [3.63, 3.8) is 0 Å². The van der Waals surface area contributed by atoms with Crippen LogP contribution in [0, 0.1) is 17.8 Å². The van der Waals surface area contributed by atoms with Crippen molar-refractivity contribution in [2.24, 2.45) is 23.5 Å². The Morgan fingerprint density at radius 2 is 1.36 bits per heavy atom. The van der Waals surface area contributed by atoms with Gasteiger partial charge < -0.3 is 29.8 Å². The van der Waals surface area contributed by atoms with E-state index in [0.717, 1.165) is 0 Å². The number of hydrogen-bond donors (Lipinski definition) is 2. The minimum Gasteiger partial charge on any atom is -0.480 e. The van der Waals surface area contributed by atoms with E-state index >= 15 is 0 Å². The Kier molecular flexibility index (Phi) is 10.9. The Bertz CT molecular complexity index is 949. The molecule has 0 aliphatic heterocycles. The maximum Gasteiger partial charge on any atom is 0.509 e. The van der Waals surface area contributed by atoms with Gasteiger partial charge in [-0.2, -0.15) is 0 Å². The van der Waals surface area contributed by atoms with Crippen LogP contribution in [0.2, 0.25) is 0 Å². The number of carbonyl (C=O) groups is 4. The lowest BCUT2D eigenvalue weighted by Gasteiger charge is -2.32. The summed E-state index contributed by atoms with van der Waals surface area (Å²) in [5, 5.41) is 9.69. The van der Waals surface area contributed by atoms with Crippen LogP contribution in [-0.4, -0.2) is 46.9 Å². The Labute approximate surface area is 212 Å². The van der Waals surface area contributed by atoms with Crippen LogP contribution >= 0.6 is 0 Å². The summed E-state index contributed by atoms with van der Waals surface area (Å²) in [5.74, 6) is -4.77. The summed E-state index contributed by atoms with van der Waals surface area (Å²) in [6.07, 6.45) is -1.68. The monoisotopic (exact) mass is 509 g/mol. The predicted molar refractivity (Wildman–Crippen MR) is 132 cm³/mol. The van der Waals surface area contributed by atoms with Gasteiger partial charge in [-0.15, -0.1) is 0 Å². The Morgan fingerprint density at radius 1 is 0.861 bits per heavy atom. The van der Waals surface area contributed by atoms with Crippen LogP contribution in [0.5, 0.6) is 11.5 Å². The molecule has 0 saturated heterocycles. The van der Waals surface area contributed by atoms with Crippen LogP contribution in [0.25, 0.3) is 0 Å². The number of ether oxygens (including phenoxy) is 4. The van der Waals surface area contributed by atoms with Crippen LogP contribution in [0.1, 0.15) is 73.8 Å². The Hall–Kier alpha value is -3.14. The first kappa shape index (κ1) is 30.9. The number of carbonyl (C=O) groups excluding carboxylic acids is 3. The zero-order valence-electron chi connectivity index (χ0n) is 22.5. The molecular formula is C26H39NO9. The van der Waals surface area contributed by atoms with Crippen LogP contribution in [0.4, 0.5) is 4.79 Å². The summed E-state index contributed by atoms with van der Waals surface area (Å²) in [6.45, 7) is 15.0. The number of benzene rings is 1. The van der Waals surface area contributed by atoms with Crippen molar-refractivity contribution < 1.29 is 43.2 Å². The van der Waals surface area contributed by atoms with E-state index in [2.05, 4.69) is 0 Å². The standard InChI is InChI=1S/C26H39NO9/c1-13(2)23(30)34-18-11-10-17(12-19(18)35-24(31)14(3)4)20(21(27)22(28)29)15(5)16(6)33-25(32)36-26(7,8)9/h10-16,20-21H,27H2,1-9H3,(H,28,29)/t15?,16?,20?,21-/m0/s1. The highest BCUT2D eigenvalue weighted by molar-refractivity contribution is 5.78. The molecule has 0 amide bonds. The molecule has 0 spiro atoms. The molecule has 0 bridgehead atoms. The normalized spacial score (nSPS) is 15.0. The number of carboxylic acid groups (broad SMARTS) is 1. The first-order valence-corrected chi connectivity index (χ1v) is 11.9. The van der Waals surface area contributed by atoms with Crippen molar-refractivity contribution >= 4 is 24.1 Å². The fourth-order valence-electron chi connectivity index (χ4n) is 3.17. The van der Waals surface area contributed by atoms with Gasteiger partial charge in [0, 0.05) is 11.8 Å². The first-order chi connectivity index (χ1) is 16.4. The van der Waals surface area contributed by atoms with Gasteiger partial charge in [-0.05, 0) is 45.4 Å². The summed E-state index contributed by atoms with van der Waals surface area (Å²) < 4.78 is 21.4. The van der Waals surface area contributed by atoms with E-state index < -0.39 is 65.5 Å². The van der Waals surface area contributed by atoms with Crippen molar-refractivity contribution in [1.29, 1.82) is 0 Å². The lowest BCUT2D eigenvalue weighted by Crippen LogP contribution is -2.43. The third-order valence-electron chi connectivity index (χ3n) is 5.37. The molecule has 0 radical (unpaired) electrons. The second-order valence-electron chi connectivity index (χ2n) is 10.4. The number of nitrogens with two attached hydrogens (primary N) is 1. The van der Waals surface area contributed by atoms with Crippen LogP contribution in [0.15, 0.2) is 18.2 Å². The minimum atomic E-state index is -1.39. The molecule has 0 aromatic heterocycles.